The minimum Gasteiger partial charge on any atom is -0.355 e. The maximum Gasteiger partial charge on any atom is 0.166 e. The topological polar surface area (TPSA) is 55.1 Å². The summed E-state index contributed by atoms with van der Waals surface area (Å²) in [4.78, 5) is 4.53. The summed E-state index contributed by atoms with van der Waals surface area (Å²) in [6.07, 6.45) is -0.233. The molecule has 4 nitrogen and oxygen atoms in total. The van der Waals surface area contributed by atoms with Crippen molar-refractivity contribution in [1.29, 1.82) is 5.26 Å². The zero-order valence-corrected chi connectivity index (χ0v) is 11.6. The van der Waals surface area contributed by atoms with Gasteiger partial charge in [0, 0.05) is 19.6 Å². The van der Waals surface area contributed by atoms with Crippen LogP contribution in [0.1, 0.15) is 5.56 Å². The summed E-state index contributed by atoms with van der Waals surface area (Å²) >= 11 is 1.58. The van der Waals surface area contributed by atoms with Crippen molar-refractivity contribution in [2.45, 2.75) is 11.3 Å². The molecule has 1 heterocycles. The van der Waals surface area contributed by atoms with E-state index in [0.29, 0.717) is 11.3 Å². The number of hydrogen-bond donors (Lipinski definition) is 0. The molecule has 0 amide bonds. The van der Waals surface area contributed by atoms with E-state index >= 15 is 0 Å². The smallest absolute Gasteiger partial charge is 0.166 e. The molecule has 0 spiro atoms. The number of pyridine rings is 1. The highest BCUT2D eigenvalue weighted by Gasteiger charge is 2.07. The molecule has 0 aliphatic carbocycles. The van der Waals surface area contributed by atoms with Gasteiger partial charge in [-0.25, -0.2) is 4.98 Å². The molecular weight excluding hydrogens is 260 g/mol. The third kappa shape index (κ3) is 3.44. The molecule has 1 aromatic heterocycles. The van der Waals surface area contributed by atoms with Crippen LogP contribution in [0.2, 0.25) is 0 Å². The number of rotatable bonds is 5. The largest absolute Gasteiger partial charge is 0.355 e. The first kappa shape index (κ1) is 13.8. The molecule has 2 aromatic rings. The van der Waals surface area contributed by atoms with Crippen molar-refractivity contribution in [3.05, 3.63) is 35.9 Å². The number of aromatic nitrogens is 1. The van der Waals surface area contributed by atoms with Gasteiger partial charge in [0.25, 0.3) is 0 Å². The van der Waals surface area contributed by atoms with Gasteiger partial charge in [0.15, 0.2) is 6.29 Å². The second kappa shape index (κ2) is 6.53. The first-order chi connectivity index (χ1) is 9.26. The van der Waals surface area contributed by atoms with Crippen LogP contribution in [0, 0.1) is 11.3 Å². The molecule has 0 fully saturated rings. The lowest BCUT2D eigenvalue weighted by Crippen LogP contribution is -2.15. The Balaban J connectivity index is 2.16. The van der Waals surface area contributed by atoms with Crippen LogP contribution in [0.3, 0.4) is 0 Å². The highest BCUT2D eigenvalue weighted by Crippen LogP contribution is 2.22. The molecule has 0 saturated carbocycles. The molecule has 0 N–H and O–H groups in total. The minimum absolute atomic E-state index is 0.233. The zero-order valence-electron chi connectivity index (χ0n) is 10.8. The second-order valence-electron chi connectivity index (χ2n) is 3.88. The Bertz CT molecular complexity index is 606. The van der Waals surface area contributed by atoms with E-state index in [0.717, 1.165) is 15.9 Å². The fourth-order valence-corrected chi connectivity index (χ4v) is 2.55. The summed E-state index contributed by atoms with van der Waals surface area (Å²) < 4.78 is 10.3. The van der Waals surface area contributed by atoms with E-state index in [1.54, 1.807) is 32.0 Å². The van der Waals surface area contributed by atoms with Crippen LogP contribution in [-0.4, -0.2) is 31.2 Å². The molecule has 0 aliphatic heterocycles. The van der Waals surface area contributed by atoms with Crippen LogP contribution in [0.4, 0.5) is 0 Å². The van der Waals surface area contributed by atoms with Crippen molar-refractivity contribution in [3.63, 3.8) is 0 Å². The van der Waals surface area contributed by atoms with Gasteiger partial charge in [-0.3, -0.25) is 0 Å². The number of nitriles is 1. The molecule has 2 rings (SSSR count). The van der Waals surface area contributed by atoms with Gasteiger partial charge in [-0.05, 0) is 24.3 Å². The number of hydrogen-bond acceptors (Lipinski definition) is 5. The summed E-state index contributed by atoms with van der Waals surface area (Å²) in [5.41, 5.74) is 1.53. The van der Waals surface area contributed by atoms with Gasteiger partial charge in [0.1, 0.15) is 0 Å². The van der Waals surface area contributed by atoms with Crippen molar-refractivity contribution in [1.82, 2.24) is 4.98 Å². The van der Waals surface area contributed by atoms with E-state index in [-0.39, 0.29) is 6.29 Å². The highest BCUT2D eigenvalue weighted by atomic mass is 32.2. The molecule has 0 aliphatic rings. The molecule has 0 atom stereocenters. The van der Waals surface area contributed by atoms with Crippen molar-refractivity contribution in [3.8, 4) is 6.07 Å². The summed E-state index contributed by atoms with van der Waals surface area (Å²) in [6.45, 7) is 0. The number of benzene rings is 1. The summed E-state index contributed by atoms with van der Waals surface area (Å²) in [7, 11) is 3.23. The van der Waals surface area contributed by atoms with E-state index in [1.807, 2.05) is 24.3 Å². The van der Waals surface area contributed by atoms with Gasteiger partial charge in [-0.1, -0.05) is 6.07 Å². The highest BCUT2D eigenvalue weighted by molar-refractivity contribution is 7.99. The number of nitrogens with zero attached hydrogens (tertiary/aromatic N) is 2. The van der Waals surface area contributed by atoms with Crippen LogP contribution in [0.15, 0.2) is 35.4 Å². The van der Waals surface area contributed by atoms with Crippen LogP contribution < -0.4 is 0 Å². The first-order valence-corrected chi connectivity index (χ1v) is 6.74. The molecule has 0 unspecified atom stereocenters. The molecular formula is C14H14N2O2S. The van der Waals surface area contributed by atoms with Gasteiger partial charge in [0.2, 0.25) is 0 Å². The van der Waals surface area contributed by atoms with Crippen LogP contribution in [-0.2, 0) is 9.47 Å². The summed E-state index contributed by atoms with van der Waals surface area (Å²) in [5.74, 6) is 0.682. The fraction of sp³-hybridized carbons (Fsp3) is 0.286. The average molecular weight is 274 g/mol. The first-order valence-electron chi connectivity index (χ1n) is 5.76. The van der Waals surface area contributed by atoms with E-state index in [1.165, 1.54) is 0 Å². The van der Waals surface area contributed by atoms with E-state index in [4.69, 9.17) is 14.7 Å². The van der Waals surface area contributed by atoms with E-state index in [9.17, 15) is 0 Å². The SMILES string of the molecule is COC(CSc1ccc2cc(C#N)ccc2n1)OC. The van der Waals surface area contributed by atoms with Crippen LogP contribution in [0.25, 0.3) is 10.9 Å². The molecule has 0 radical (unpaired) electrons. The van der Waals surface area contributed by atoms with Crippen molar-refractivity contribution in [2.75, 3.05) is 20.0 Å². The predicted octanol–water partition coefficient (Wildman–Crippen LogP) is 2.82. The number of methoxy groups -OCH3 is 2. The normalized spacial score (nSPS) is 10.8. The fourth-order valence-electron chi connectivity index (χ4n) is 1.64. The molecule has 5 heteroatoms. The third-order valence-corrected chi connectivity index (χ3v) is 3.65. The Kier molecular flexibility index (Phi) is 4.74. The number of fused-ring (bicyclic) bond motifs is 1. The van der Waals surface area contributed by atoms with Gasteiger partial charge < -0.3 is 9.47 Å². The zero-order chi connectivity index (χ0) is 13.7. The monoisotopic (exact) mass is 274 g/mol. The lowest BCUT2D eigenvalue weighted by Gasteiger charge is -2.12. The number of thioether (sulfide) groups is 1. The van der Waals surface area contributed by atoms with Crippen molar-refractivity contribution >= 4 is 22.7 Å². The van der Waals surface area contributed by atoms with Gasteiger partial charge >= 0.3 is 0 Å². The molecule has 0 bridgehead atoms. The minimum atomic E-state index is -0.233. The lowest BCUT2D eigenvalue weighted by atomic mass is 10.1. The van der Waals surface area contributed by atoms with E-state index < -0.39 is 0 Å². The van der Waals surface area contributed by atoms with E-state index in [2.05, 4.69) is 11.1 Å². The Morgan fingerprint density at radius 3 is 2.74 bits per heavy atom. The van der Waals surface area contributed by atoms with Crippen LogP contribution in [0.5, 0.6) is 0 Å². The summed E-state index contributed by atoms with van der Waals surface area (Å²) in [6, 6.07) is 11.5. The molecule has 19 heavy (non-hydrogen) atoms. The standard InChI is InChI=1S/C14H14N2O2S/c1-17-14(18-2)9-19-13-6-4-11-7-10(8-15)3-5-12(11)16-13/h3-7,14H,9H2,1-2H3. The lowest BCUT2D eigenvalue weighted by molar-refractivity contribution is -0.0842. The Morgan fingerprint density at radius 2 is 2.05 bits per heavy atom. The van der Waals surface area contributed by atoms with Crippen LogP contribution >= 0.6 is 11.8 Å². The third-order valence-electron chi connectivity index (χ3n) is 2.69. The Labute approximate surface area is 116 Å². The predicted molar refractivity (Wildman–Crippen MR) is 75.0 cm³/mol. The maximum atomic E-state index is 8.85. The van der Waals surface area contributed by atoms with Crippen molar-refractivity contribution < 1.29 is 9.47 Å². The van der Waals surface area contributed by atoms with Gasteiger partial charge in [-0.15, -0.1) is 11.8 Å². The number of ether oxygens (including phenoxy) is 2. The Hall–Kier alpha value is -1.61. The Morgan fingerprint density at radius 1 is 1.26 bits per heavy atom. The summed E-state index contributed by atoms with van der Waals surface area (Å²) in [5, 5.41) is 10.7. The van der Waals surface area contributed by atoms with Gasteiger partial charge in [0.05, 0.1) is 27.9 Å². The maximum absolute atomic E-state index is 8.85. The molecule has 98 valence electrons. The quantitative estimate of drug-likeness (QED) is 0.620. The average Bonchev–Trinajstić information content (AvgIpc) is 2.47. The molecule has 1 aromatic carbocycles. The second-order valence-corrected chi connectivity index (χ2v) is 4.92. The van der Waals surface area contributed by atoms with Gasteiger partial charge in [-0.2, -0.15) is 5.26 Å². The molecule has 0 saturated heterocycles. The van der Waals surface area contributed by atoms with Crippen molar-refractivity contribution in [2.24, 2.45) is 0 Å².